The molecule has 0 fully saturated rings. The monoisotopic (exact) mass is 490 g/mol. The molecular weight excluding hydrogens is 466 g/mol. The number of rotatable bonds is 5. The molecule has 0 unspecified atom stereocenters. The average Bonchev–Trinajstić information content (AvgIpc) is 2.65. The summed E-state index contributed by atoms with van der Waals surface area (Å²) < 4.78 is 82.2. The molecule has 0 bridgehead atoms. The smallest absolute Gasteiger partial charge is 0.404 e. The molecule has 0 saturated carbocycles. The molecule has 2 aromatic heterocycles. The Morgan fingerprint density at radius 1 is 1.15 bits per heavy atom. The number of carbonyl (C=O) groups is 1. The molecule has 34 heavy (non-hydrogen) atoms. The molecule has 1 amide bonds. The predicted molar refractivity (Wildman–Crippen MR) is 112 cm³/mol. The zero-order valence-corrected chi connectivity index (χ0v) is 18.8. The molecule has 1 aliphatic rings. The quantitative estimate of drug-likeness (QED) is 0.543. The lowest BCUT2D eigenvalue weighted by Crippen LogP contribution is -2.31. The summed E-state index contributed by atoms with van der Waals surface area (Å²) in [6.45, 7) is 5.86. The highest BCUT2D eigenvalue weighted by Crippen LogP contribution is 2.39. The lowest BCUT2D eigenvalue weighted by atomic mass is 9.92. The van der Waals surface area contributed by atoms with E-state index >= 15 is 0 Å². The number of aryl methyl sites for hydroxylation is 1. The summed E-state index contributed by atoms with van der Waals surface area (Å²) in [5.41, 5.74) is -0.505. The number of amides is 1. The molecule has 0 spiro atoms. The number of alkyl halides is 6. The van der Waals surface area contributed by atoms with Gasteiger partial charge in [-0.1, -0.05) is 20.8 Å². The van der Waals surface area contributed by atoms with Gasteiger partial charge in [0.15, 0.2) is 0 Å². The van der Waals surface area contributed by atoms with Crippen LogP contribution in [0.3, 0.4) is 0 Å². The second kappa shape index (κ2) is 9.30. The Morgan fingerprint density at radius 3 is 2.41 bits per heavy atom. The number of hydrogen-bond donors (Lipinski definition) is 1. The maximum Gasteiger partial charge on any atom is 0.573 e. The minimum Gasteiger partial charge on any atom is -0.404 e. The number of nitrogens with zero attached hydrogens (tertiary/aromatic N) is 3. The first kappa shape index (κ1) is 25.6. The molecule has 186 valence electrons. The highest BCUT2D eigenvalue weighted by molar-refractivity contribution is 5.91. The van der Waals surface area contributed by atoms with Gasteiger partial charge in [0.1, 0.15) is 17.1 Å². The second-order valence-electron chi connectivity index (χ2n) is 9.19. The zero-order valence-electron chi connectivity index (χ0n) is 18.8. The van der Waals surface area contributed by atoms with Crippen molar-refractivity contribution in [1.29, 1.82) is 0 Å². The van der Waals surface area contributed by atoms with Crippen LogP contribution >= 0.6 is 0 Å². The van der Waals surface area contributed by atoms with Crippen molar-refractivity contribution in [2.24, 2.45) is 5.41 Å². The third kappa shape index (κ3) is 6.97. The maximum absolute atomic E-state index is 13.8. The standard InChI is InChI=1S/C22H24F6N4O2/c1-20(2,3)10-18(33)31-19-15(21(23,24)25)9-17-16(30-19)5-4-8-32(17)12-13-6-7-14(11-29-13)34-22(26,27)28/h6-7,9,11H,4-5,8,10,12H2,1-3H3,(H,30,31,33). The van der Waals surface area contributed by atoms with Crippen molar-refractivity contribution in [3.8, 4) is 5.75 Å². The number of hydrogen-bond acceptors (Lipinski definition) is 5. The van der Waals surface area contributed by atoms with E-state index < -0.39 is 41.0 Å². The Hall–Kier alpha value is -3.05. The number of nitrogens with one attached hydrogen (secondary N) is 1. The number of pyridine rings is 2. The van der Waals surface area contributed by atoms with E-state index in [9.17, 15) is 31.1 Å². The number of aromatic nitrogens is 2. The summed E-state index contributed by atoms with van der Waals surface area (Å²) in [5, 5.41) is 2.31. The van der Waals surface area contributed by atoms with Crippen molar-refractivity contribution in [2.75, 3.05) is 16.8 Å². The van der Waals surface area contributed by atoms with Gasteiger partial charge in [-0.25, -0.2) is 4.98 Å². The van der Waals surface area contributed by atoms with Crippen molar-refractivity contribution in [3.63, 3.8) is 0 Å². The summed E-state index contributed by atoms with van der Waals surface area (Å²) >= 11 is 0. The van der Waals surface area contributed by atoms with Crippen LogP contribution in [0.25, 0.3) is 0 Å². The zero-order chi connectivity index (χ0) is 25.3. The lowest BCUT2D eigenvalue weighted by Gasteiger charge is -2.32. The Kier molecular flexibility index (Phi) is 6.99. The molecule has 1 aliphatic heterocycles. The Labute approximate surface area is 192 Å². The van der Waals surface area contributed by atoms with Crippen LogP contribution in [0.1, 0.15) is 50.6 Å². The van der Waals surface area contributed by atoms with Gasteiger partial charge in [-0.2, -0.15) is 13.2 Å². The summed E-state index contributed by atoms with van der Waals surface area (Å²) in [6, 6.07) is 3.36. The van der Waals surface area contributed by atoms with Gasteiger partial charge in [-0.15, -0.1) is 13.2 Å². The number of fused-ring (bicyclic) bond motifs is 1. The van der Waals surface area contributed by atoms with Crippen LogP contribution in [0.2, 0.25) is 0 Å². The van der Waals surface area contributed by atoms with Gasteiger partial charge >= 0.3 is 12.5 Å². The van der Waals surface area contributed by atoms with E-state index in [1.807, 2.05) is 0 Å². The van der Waals surface area contributed by atoms with E-state index in [2.05, 4.69) is 20.0 Å². The fourth-order valence-corrected chi connectivity index (χ4v) is 3.58. The number of carbonyl (C=O) groups excluding carboxylic acids is 1. The summed E-state index contributed by atoms with van der Waals surface area (Å²) in [5.74, 6) is -1.59. The van der Waals surface area contributed by atoms with Crippen LogP contribution in [0.4, 0.5) is 37.8 Å². The molecule has 0 saturated heterocycles. The highest BCUT2D eigenvalue weighted by atomic mass is 19.4. The maximum atomic E-state index is 13.8. The van der Waals surface area contributed by atoms with E-state index in [4.69, 9.17) is 0 Å². The lowest BCUT2D eigenvalue weighted by molar-refractivity contribution is -0.274. The topological polar surface area (TPSA) is 67.4 Å². The van der Waals surface area contributed by atoms with Gasteiger partial charge in [0, 0.05) is 13.0 Å². The normalized spacial score (nSPS) is 14.6. The molecule has 0 aromatic carbocycles. The van der Waals surface area contributed by atoms with Crippen LogP contribution in [-0.2, 0) is 23.9 Å². The van der Waals surface area contributed by atoms with Crippen molar-refractivity contribution < 1.29 is 35.9 Å². The van der Waals surface area contributed by atoms with E-state index in [0.29, 0.717) is 30.8 Å². The largest absolute Gasteiger partial charge is 0.573 e. The van der Waals surface area contributed by atoms with Crippen LogP contribution < -0.4 is 15.0 Å². The molecule has 3 rings (SSSR count). The van der Waals surface area contributed by atoms with Gasteiger partial charge in [0.25, 0.3) is 0 Å². The molecule has 1 N–H and O–H groups in total. The fourth-order valence-electron chi connectivity index (χ4n) is 3.58. The third-order valence-corrected chi connectivity index (χ3v) is 4.90. The van der Waals surface area contributed by atoms with E-state index in [-0.39, 0.29) is 18.7 Å². The summed E-state index contributed by atoms with van der Waals surface area (Å²) in [4.78, 5) is 22.0. The van der Waals surface area contributed by atoms with Crippen molar-refractivity contribution in [3.05, 3.63) is 41.3 Å². The molecule has 3 heterocycles. The minimum atomic E-state index is -4.85. The third-order valence-electron chi connectivity index (χ3n) is 4.90. The van der Waals surface area contributed by atoms with Crippen LogP contribution in [0, 0.1) is 5.41 Å². The second-order valence-corrected chi connectivity index (χ2v) is 9.19. The first-order valence-corrected chi connectivity index (χ1v) is 10.5. The van der Waals surface area contributed by atoms with Crippen LogP contribution in [0.5, 0.6) is 5.75 Å². The van der Waals surface area contributed by atoms with Crippen molar-refractivity contribution >= 4 is 17.4 Å². The molecule has 0 aliphatic carbocycles. The summed E-state index contributed by atoms with van der Waals surface area (Å²) in [6.07, 6.45) is -7.68. The number of ether oxygens (including phenoxy) is 1. The van der Waals surface area contributed by atoms with Gasteiger partial charge in [0.05, 0.1) is 29.8 Å². The minimum absolute atomic E-state index is 0.0227. The van der Waals surface area contributed by atoms with E-state index in [1.54, 1.807) is 25.7 Å². The van der Waals surface area contributed by atoms with Crippen molar-refractivity contribution in [1.82, 2.24) is 9.97 Å². The van der Waals surface area contributed by atoms with E-state index in [0.717, 1.165) is 18.3 Å². The number of halogens is 6. The SMILES string of the molecule is CC(C)(C)CC(=O)Nc1nc2c(cc1C(F)(F)F)N(Cc1ccc(OC(F)(F)F)cn1)CCC2. The molecule has 12 heteroatoms. The van der Waals surface area contributed by atoms with Crippen LogP contribution in [-0.4, -0.2) is 28.8 Å². The molecule has 6 nitrogen and oxygen atoms in total. The van der Waals surface area contributed by atoms with Gasteiger partial charge in [0.2, 0.25) is 5.91 Å². The highest BCUT2D eigenvalue weighted by Gasteiger charge is 2.37. The van der Waals surface area contributed by atoms with Gasteiger partial charge in [-0.3, -0.25) is 9.78 Å². The Morgan fingerprint density at radius 2 is 1.85 bits per heavy atom. The Balaban J connectivity index is 1.87. The Bertz CT molecular complexity index is 1030. The summed E-state index contributed by atoms with van der Waals surface area (Å²) in [7, 11) is 0. The van der Waals surface area contributed by atoms with Gasteiger partial charge < -0.3 is 15.0 Å². The van der Waals surface area contributed by atoms with E-state index in [1.165, 1.54) is 6.07 Å². The molecule has 0 atom stereocenters. The first-order valence-electron chi connectivity index (χ1n) is 10.5. The molecular formula is C22H24F6N4O2. The van der Waals surface area contributed by atoms with Gasteiger partial charge in [-0.05, 0) is 36.5 Å². The molecule has 0 radical (unpaired) electrons. The van der Waals surface area contributed by atoms with Crippen LogP contribution in [0.15, 0.2) is 24.4 Å². The van der Waals surface area contributed by atoms with Crippen molar-refractivity contribution in [2.45, 2.75) is 59.1 Å². The number of anilines is 2. The average molecular weight is 490 g/mol. The fraction of sp³-hybridized carbons (Fsp3) is 0.500. The predicted octanol–water partition coefficient (Wildman–Crippen LogP) is 5.72. The first-order chi connectivity index (χ1) is 15.6. The molecule has 2 aromatic rings.